The molecule has 5 nitrogen and oxygen atoms in total. The summed E-state index contributed by atoms with van der Waals surface area (Å²) in [7, 11) is 2.04. The normalized spacial score (nSPS) is 11.8. The van der Waals surface area contributed by atoms with Gasteiger partial charge in [-0.05, 0) is 43.5 Å². The highest BCUT2D eigenvalue weighted by Gasteiger charge is 2.24. The lowest BCUT2D eigenvalue weighted by Gasteiger charge is -2.23. The highest BCUT2D eigenvalue weighted by Crippen LogP contribution is 2.11. The second kappa shape index (κ2) is 10.5. The van der Waals surface area contributed by atoms with Gasteiger partial charge in [-0.25, -0.2) is 0 Å². The Hall–Kier alpha value is -2.82. The van der Waals surface area contributed by atoms with Gasteiger partial charge in [0.05, 0.1) is 0 Å². The zero-order valence-corrected chi connectivity index (χ0v) is 17.2. The Kier molecular flexibility index (Phi) is 8.05. The summed E-state index contributed by atoms with van der Waals surface area (Å²) >= 11 is 0. The van der Waals surface area contributed by atoms with Crippen LogP contribution in [0.2, 0.25) is 0 Å². The van der Waals surface area contributed by atoms with E-state index in [0.717, 1.165) is 24.2 Å². The zero-order valence-electron chi connectivity index (χ0n) is 17.2. The number of benzene rings is 2. The molecule has 5 heteroatoms. The molecule has 0 unspecified atom stereocenters. The monoisotopic (exact) mass is 381 g/mol. The van der Waals surface area contributed by atoms with E-state index >= 15 is 0 Å². The Balaban J connectivity index is 1.83. The molecule has 0 aliphatic heterocycles. The fourth-order valence-electron chi connectivity index (χ4n) is 3.00. The van der Waals surface area contributed by atoms with Crippen molar-refractivity contribution in [1.82, 2.24) is 10.6 Å². The lowest BCUT2D eigenvalue weighted by Crippen LogP contribution is -2.50. The number of carbonyl (C=O) groups is 2. The van der Waals surface area contributed by atoms with Gasteiger partial charge in [0.2, 0.25) is 5.91 Å². The molecule has 150 valence electrons. The smallest absolute Gasteiger partial charge is 0.251 e. The minimum atomic E-state index is -0.556. The quantitative estimate of drug-likeness (QED) is 0.655. The molecule has 2 N–H and O–H groups in total. The minimum absolute atomic E-state index is 0.000696. The van der Waals surface area contributed by atoms with Gasteiger partial charge in [0.1, 0.15) is 6.04 Å². The molecule has 0 saturated heterocycles. The van der Waals surface area contributed by atoms with Crippen LogP contribution in [0, 0.1) is 12.8 Å². The van der Waals surface area contributed by atoms with Crippen LogP contribution in [-0.2, 0) is 4.79 Å². The molecule has 0 aliphatic carbocycles. The molecule has 2 aromatic rings. The summed E-state index contributed by atoms with van der Waals surface area (Å²) in [6.07, 6.45) is 0.827. The standard InChI is InChI=1S/C23H31N3O2/c1-17(2)21(25-22(27)19-11-8-10-18(3)16-19)23(28)24-14-9-15-26(4)20-12-6-5-7-13-20/h5-8,10-13,16-17,21H,9,14-15H2,1-4H3,(H,24,28)(H,25,27)/t21-/m0/s1. The lowest BCUT2D eigenvalue weighted by molar-refractivity contribution is -0.123. The number of nitrogens with zero attached hydrogens (tertiary/aromatic N) is 1. The van der Waals surface area contributed by atoms with Crippen LogP contribution >= 0.6 is 0 Å². The van der Waals surface area contributed by atoms with Crippen LogP contribution in [0.4, 0.5) is 5.69 Å². The SMILES string of the molecule is Cc1cccc(C(=O)N[C@H](C(=O)NCCCN(C)c2ccccc2)C(C)C)c1. The fraction of sp³-hybridized carbons (Fsp3) is 0.391. The number of amides is 2. The number of rotatable bonds is 9. The Bertz CT molecular complexity index is 774. The van der Waals surface area contributed by atoms with Gasteiger partial charge >= 0.3 is 0 Å². The first-order chi connectivity index (χ1) is 13.4. The maximum Gasteiger partial charge on any atom is 0.251 e. The van der Waals surface area contributed by atoms with Gasteiger partial charge in [-0.3, -0.25) is 9.59 Å². The van der Waals surface area contributed by atoms with Crippen molar-refractivity contribution in [3.63, 3.8) is 0 Å². The lowest BCUT2D eigenvalue weighted by atomic mass is 10.0. The largest absolute Gasteiger partial charge is 0.375 e. The molecule has 2 amide bonds. The van der Waals surface area contributed by atoms with Crippen LogP contribution in [0.25, 0.3) is 0 Å². The first-order valence-corrected chi connectivity index (χ1v) is 9.80. The molecular weight excluding hydrogens is 350 g/mol. The van der Waals surface area contributed by atoms with E-state index in [1.807, 2.05) is 64.2 Å². The van der Waals surface area contributed by atoms with Gasteiger partial charge in [-0.2, -0.15) is 0 Å². The molecule has 0 aromatic heterocycles. The molecule has 2 rings (SSSR count). The summed E-state index contributed by atoms with van der Waals surface area (Å²) in [5.41, 5.74) is 2.74. The van der Waals surface area contributed by atoms with E-state index in [-0.39, 0.29) is 17.7 Å². The maximum absolute atomic E-state index is 12.6. The van der Waals surface area contributed by atoms with Gasteiger partial charge in [0.15, 0.2) is 0 Å². The Morgan fingerprint density at radius 1 is 1.04 bits per heavy atom. The molecular formula is C23H31N3O2. The Labute approximate surface area is 168 Å². The molecule has 2 aromatic carbocycles. The van der Waals surface area contributed by atoms with Gasteiger partial charge in [-0.1, -0.05) is 49.7 Å². The van der Waals surface area contributed by atoms with E-state index in [1.165, 1.54) is 0 Å². The highest BCUT2D eigenvalue weighted by molar-refractivity contribution is 5.97. The Morgan fingerprint density at radius 3 is 2.39 bits per heavy atom. The summed E-state index contributed by atoms with van der Waals surface area (Å²) in [6.45, 7) is 7.22. The van der Waals surface area contributed by atoms with Crippen LogP contribution in [0.5, 0.6) is 0 Å². The van der Waals surface area contributed by atoms with Crippen molar-refractivity contribution in [2.75, 3.05) is 25.0 Å². The van der Waals surface area contributed by atoms with E-state index in [1.54, 1.807) is 6.07 Å². The molecule has 28 heavy (non-hydrogen) atoms. The van der Waals surface area contributed by atoms with Crippen LogP contribution in [-0.4, -0.2) is 38.0 Å². The molecule has 0 radical (unpaired) electrons. The number of nitrogens with one attached hydrogen (secondary N) is 2. The summed E-state index contributed by atoms with van der Waals surface area (Å²) in [5, 5.41) is 5.83. The molecule has 0 aliphatic rings. The molecule has 0 spiro atoms. The molecule has 0 heterocycles. The third-order valence-electron chi connectivity index (χ3n) is 4.68. The summed E-state index contributed by atoms with van der Waals surface area (Å²) in [6, 6.07) is 17.0. The third kappa shape index (κ3) is 6.41. The van der Waals surface area contributed by atoms with Crippen LogP contribution in [0.1, 0.15) is 36.2 Å². The van der Waals surface area contributed by atoms with Gasteiger partial charge in [0, 0.05) is 31.4 Å². The van der Waals surface area contributed by atoms with E-state index in [0.29, 0.717) is 12.1 Å². The molecule has 0 saturated carbocycles. The van der Waals surface area contributed by atoms with Gasteiger partial charge in [-0.15, -0.1) is 0 Å². The number of para-hydroxylation sites is 1. The fourth-order valence-corrected chi connectivity index (χ4v) is 3.00. The van der Waals surface area contributed by atoms with Crippen molar-refractivity contribution in [3.05, 3.63) is 65.7 Å². The van der Waals surface area contributed by atoms with Crippen molar-refractivity contribution in [2.45, 2.75) is 33.2 Å². The second-order valence-electron chi connectivity index (χ2n) is 7.47. The summed E-state index contributed by atoms with van der Waals surface area (Å²) in [4.78, 5) is 27.2. The molecule has 1 atom stereocenters. The first-order valence-electron chi connectivity index (χ1n) is 9.80. The number of carbonyl (C=O) groups excluding carboxylic acids is 2. The van der Waals surface area contributed by atoms with E-state index in [2.05, 4.69) is 27.7 Å². The predicted octanol–water partition coefficient (Wildman–Crippen LogP) is 3.39. The van der Waals surface area contributed by atoms with Crippen LogP contribution < -0.4 is 15.5 Å². The maximum atomic E-state index is 12.6. The number of hydrogen-bond donors (Lipinski definition) is 2. The molecule has 0 bridgehead atoms. The van der Waals surface area contributed by atoms with Gasteiger partial charge in [0.25, 0.3) is 5.91 Å². The van der Waals surface area contributed by atoms with Crippen molar-refractivity contribution in [2.24, 2.45) is 5.92 Å². The Morgan fingerprint density at radius 2 is 1.75 bits per heavy atom. The summed E-state index contributed by atoms with van der Waals surface area (Å²) in [5.74, 6) is -0.361. The van der Waals surface area contributed by atoms with Crippen LogP contribution in [0.15, 0.2) is 54.6 Å². The van der Waals surface area contributed by atoms with Crippen molar-refractivity contribution < 1.29 is 9.59 Å². The first kappa shape index (κ1) is 21.5. The zero-order chi connectivity index (χ0) is 20.5. The minimum Gasteiger partial charge on any atom is -0.375 e. The van der Waals surface area contributed by atoms with Crippen molar-refractivity contribution in [1.29, 1.82) is 0 Å². The number of aryl methyl sites for hydroxylation is 1. The van der Waals surface area contributed by atoms with Gasteiger partial charge < -0.3 is 15.5 Å². The van der Waals surface area contributed by atoms with E-state index in [9.17, 15) is 9.59 Å². The second-order valence-corrected chi connectivity index (χ2v) is 7.47. The topological polar surface area (TPSA) is 61.4 Å². The van der Waals surface area contributed by atoms with Crippen molar-refractivity contribution >= 4 is 17.5 Å². The average molecular weight is 382 g/mol. The van der Waals surface area contributed by atoms with E-state index < -0.39 is 6.04 Å². The average Bonchev–Trinajstić information content (AvgIpc) is 2.69. The summed E-state index contributed by atoms with van der Waals surface area (Å²) < 4.78 is 0. The van der Waals surface area contributed by atoms with E-state index in [4.69, 9.17) is 0 Å². The highest BCUT2D eigenvalue weighted by atomic mass is 16.2. The van der Waals surface area contributed by atoms with Crippen molar-refractivity contribution in [3.8, 4) is 0 Å². The number of anilines is 1. The molecule has 0 fully saturated rings. The van der Waals surface area contributed by atoms with Crippen LogP contribution in [0.3, 0.4) is 0 Å². The third-order valence-corrected chi connectivity index (χ3v) is 4.68. The number of hydrogen-bond acceptors (Lipinski definition) is 3. The predicted molar refractivity (Wildman–Crippen MR) is 115 cm³/mol.